The highest BCUT2D eigenvalue weighted by atomic mass is 32.1. The van der Waals surface area contributed by atoms with Gasteiger partial charge in [0, 0.05) is 14.1 Å². The Hall–Kier alpha value is -2.67. The van der Waals surface area contributed by atoms with E-state index in [9.17, 15) is 14.4 Å². The smallest absolute Gasteiger partial charge is 0.379 e. The zero-order valence-electron chi connectivity index (χ0n) is 15.2. The minimum Gasteiger partial charge on any atom is -0.462 e. The van der Waals surface area contributed by atoms with Crippen molar-refractivity contribution in [3.63, 3.8) is 0 Å². The summed E-state index contributed by atoms with van der Waals surface area (Å²) in [6, 6.07) is 9.22. The molecule has 0 N–H and O–H groups in total. The number of anilines is 1. The molecular formula is C19H21NO5S. The first-order chi connectivity index (χ1) is 12.4. The second-order valence-corrected chi connectivity index (χ2v) is 6.52. The zero-order valence-corrected chi connectivity index (χ0v) is 16.0. The molecule has 7 heteroatoms. The van der Waals surface area contributed by atoms with Gasteiger partial charge in [-0.05, 0) is 19.4 Å². The molecule has 1 aromatic heterocycles. The molecule has 0 saturated carbocycles. The number of carbonyl (C=O) groups is 3. The summed E-state index contributed by atoms with van der Waals surface area (Å²) in [5, 5.41) is 0.505. The minimum absolute atomic E-state index is 0.0238. The first-order valence-electron chi connectivity index (χ1n) is 8.20. The van der Waals surface area contributed by atoms with E-state index in [1.807, 2.05) is 30.3 Å². The van der Waals surface area contributed by atoms with E-state index in [1.54, 1.807) is 32.8 Å². The van der Waals surface area contributed by atoms with Gasteiger partial charge in [0.1, 0.15) is 5.00 Å². The monoisotopic (exact) mass is 375 g/mol. The highest BCUT2D eigenvalue weighted by Crippen LogP contribution is 2.42. The number of ether oxygens (including phenoxy) is 2. The third-order valence-corrected chi connectivity index (χ3v) is 4.91. The number of esters is 2. The van der Waals surface area contributed by atoms with Gasteiger partial charge in [-0.2, -0.15) is 0 Å². The fraction of sp³-hybridized carbons (Fsp3) is 0.316. The Morgan fingerprint density at radius 2 is 1.58 bits per heavy atom. The molecule has 0 unspecified atom stereocenters. The minimum atomic E-state index is -0.987. The van der Waals surface area contributed by atoms with Crippen molar-refractivity contribution in [1.29, 1.82) is 0 Å². The van der Waals surface area contributed by atoms with E-state index in [1.165, 1.54) is 11.3 Å². The molecule has 2 rings (SSSR count). The lowest BCUT2D eigenvalue weighted by atomic mass is 10.0. The van der Waals surface area contributed by atoms with Crippen LogP contribution in [-0.4, -0.2) is 45.0 Å². The number of hydrogen-bond donors (Lipinski definition) is 0. The summed E-state index contributed by atoms with van der Waals surface area (Å²) in [6.45, 7) is 3.54. The molecule has 0 fully saturated rings. The Balaban J connectivity index is 2.74. The Bertz CT molecular complexity index is 811. The average molecular weight is 375 g/mol. The lowest BCUT2D eigenvalue weighted by molar-refractivity contribution is -0.137. The molecule has 0 saturated heterocycles. The van der Waals surface area contributed by atoms with Crippen molar-refractivity contribution in [3.8, 4) is 10.4 Å². The van der Waals surface area contributed by atoms with Gasteiger partial charge in [0.2, 0.25) is 0 Å². The molecule has 2 aromatic rings. The molecule has 1 heterocycles. The normalized spacial score (nSPS) is 10.3. The number of thiophene rings is 1. The van der Waals surface area contributed by atoms with E-state index in [4.69, 9.17) is 9.47 Å². The number of Topliss-reactive ketones (excluding diaryl/α,β-unsaturated/α-hetero) is 1. The predicted octanol–water partition coefficient (Wildman–Crippen LogP) is 3.40. The Labute approximate surface area is 156 Å². The first-order valence-corrected chi connectivity index (χ1v) is 9.02. The highest BCUT2D eigenvalue weighted by molar-refractivity contribution is 7.20. The van der Waals surface area contributed by atoms with Crippen LogP contribution in [0.2, 0.25) is 0 Å². The molecular weight excluding hydrogens is 354 g/mol. The molecule has 0 atom stereocenters. The molecule has 1 aromatic carbocycles. The number of rotatable bonds is 7. The van der Waals surface area contributed by atoms with Crippen LogP contribution in [0.4, 0.5) is 5.00 Å². The van der Waals surface area contributed by atoms with Crippen molar-refractivity contribution in [1.82, 2.24) is 0 Å². The summed E-state index contributed by atoms with van der Waals surface area (Å²) in [5.41, 5.74) is 0.895. The fourth-order valence-electron chi connectivity index (χ4n) is 2.43. The van der Waals surface area contributed by atoms with Crippen LogP contribution in [0.25, 0.3) is 10.4 Å². The molecule has 0 aliphatic rings. The van der Waals surface area contributed by atoms with E-state index >= 15 is 0 Å². The van der Waals surface area contributed by atoms with Crippen molar-refractivity contribution in [2.24, 2.45) is 0 Å². The SMILES string of the molecule is CCOC(=O)C(=O)c1c(N(C)C)sc(-c2ccccc2)c1C(=O)OCC. The van der Waals surface area contributed by atoms with E-state index in [0.717, 1.165) is 5.56 Å². The van der Waals surface area contributed by atoms with E-state index in [0.29, 0.717) is 9.88 Å². The molecule has 0 spiro atoms. The molecule has 138 valence electrons. The molecule has 26 heavy (non-hydrogen) atoms. The summed E-state index contributed by atoms with van der Waals surface area (Å²) < 4.78 is 10.0. The fourth-order valence-corrected chi connectivity index (χ4v) is 3.65. The lowest BCUT2D eigenvalue weighted by Crippen LogP contribution is -2.23. The third-order valence-electron chi connectivity index (χ3n) is 3.50. The predicted molar refractivity (Wildman–Crippen MR) is 101 cm³/mol. The van der Waals surface area contributed by atoms with Crippen LogP contribution in [0.15, 0.2) is 30.3 Å². The van der Waals surface area contributed by atoms with Gasteiger partial charge in [-0.25, -0.2) is 9.59 Å². The number of ketones is 1. The van der Waals surface area contributed by atoms with Crippen molar-refractivity contribution in [3.05, 3.63) is 41.5 Å². The second kappa shape index (κ2) is 8.62. The number of benzene rings is 1. The van der Waals surface area contributed by atoms with Gasteiger partial charge in [-0.3, -0.25) is 4.79 Å². The number of nitrogens with zero attached hydrogens (tertiary/aromatic N) is 1. The maximum absolute atomic E-state index is 12.7. The van der Waals surface area contributed by atoms with Crippen LogP contribution >= 0.6 is 11.3 Å². The average Bonchev–Trinajstić information content (AvgIpc) is 3.03. The Kier molecular flexibility index (Phi) is 6.52. The lowest BCUT2D eigenvalue weighted by Gasteiger charge is -2.12. The van der Waals surface area contributed by atoms with Crippen LogP contribution < -0.4 is 4.90 Å². The van der Waals surface area contributed by atoms with Crippen molar-refractivity contribution in [2.45, 2.75) is 13.8 Å². The van der Waals surface area contributed by atoms with Crippen molar-refractivity contribution >= 4 is 34.1 Å². The summed E-state index contributed by atoms with van der Waals surface area (Å²) in [4.78, 5) is 39.7. The van der Waals surface area contributed by atoms with Crippen LogP contribution in [-0.2, 0) is 14.3 Å². The molecule has 0 aliphatic carbocycles. The zero-order chi connectivity index (χ0) is 19.3. The molecule has 6 nitrogen and oxygen atoms in total. The summed E-state index contributed by atoms with van der Waals surface area (Å²) in [6.07, 6.45) is 0. The Morgan fingerprint density at radius 3 is 2.12 bits per heavy atom. The van der Waals surface area contributed by atoms with Crippen molar-refractivity contribution < 1.29 is 23.9 Å². The standard InChI is InChI=1S/C19H21NO5S/c1-5-24-18(22)14-13(15(21)19(23)25-6-2)17(20(3)4)26-16(14)12-10-8-7-9-11-12/h7-11H,5-6H2,1-4H3. The molecule has 0 amide bonds. The topological polar surface area (TPSA) is 72.9 Å². The highest BCUT2D eigenvalue weighted by Gasteiger charge is 2.34. The summed E-state index contributed by atoms with van der Waals surface area (Å²) in [7, 11) is 3.49. The van der Waals surface area contributed by atoms with Gasteiger partial charge >= 0.3 is 11.9 Å². The van der Waals surface area contributed by atoms with Gasteiger partial charge in [0.15, 0.2) is 0 Å². The van der Waals surface area contributed by atoms with Gasteiger partial charge in [-0.15, -0.1) is 11.3 Å². The number of carbonyl (C=O) groups excluding carboxylic acids is 3. The maximum atomic E-state index is 12.7. The van der Waals surface area contributed by atoms with Crippen LogP contribution in [0.5, 0.6) is 0 Å². The quantitative estimate of drug-likeness (QED) is 0.420. The molecule has 0 aliphatic heterocycles. The van der Waals surface area contributed by atoms with E-state index < -0.39 is 17.7 Å². The van der Waals surface area contributed by atoms with Crippen molar-refractivity contribution in [2.75, 3.05) is 32.2 Å². The summed E-state index contributed by atoms with van der Waals surface area (Å²) >= 11 is 1.26. The van der Waals surface area contributed by atoms with Gasteiger partial charge in [-0.1, -0.05) is 30.3 Å². The van der Waals surface area contributed by atoms with E-state index in [2.05, 4.69) is 0 Å². The first kappa shape index (κ1) is 19.7. The van der Waals surface area contributed by atoms with Crippen LogP contribution in [0.1, 0.15) is 34.6 Å². The number of hydrogen-bond acceptors (Lipinski definition) is 7. The van der Waals surface area contributed by atoms with Gasteiger partial charge in [0.25, 0.3) is 5.78 Å². The van der Waals surface area contributed by atoms with Crippen LogP contribution in [0.3, 0.4) is 0 Å². The third kappa shape index (κ3) is 3.94. The molecule has 0 bridgehead atoms. The molecule has 0 radical (unpaired) electrons. The Morgan fingerprint density at radius 1 is 0.962 bits per heavy atom. The maximum Gasteiger partial charge on any atom is 0.379 e. The van der Waals surface area contributed by atoms with Crippen LogP contribution in [0, 0.1) is 0 Å². The van der Waals surface area contributed by atoms with Gasteiger partial charge < -0.3 is 14.4 Å². The largest absolute Gasteiger partial charge is 0.462 e. The second-order valence-electron chi connectivity index (χ2n) is 5.52. The summed E-state index contributed by atoms with van der Waals surface area (Å²) in [5.74, 6) is -2.47. The van der Waals surface area contributed by atoms with E-state index in [-0.39, 0.29) is 24.3 Å². The van der Waals surface area contributed by atoms with Gasteiger partial charge in [0.05, 0.1) is 29.2 Å².